The lowest BCUT2D eigenvalue weighted by atomic mass is 10.1. The Balaban J connectivity index is 0.000000306. The third kappa shape index (κ3) is 21.7. The highest BCUT2D eigenvalue weighted by Gasteiger charge is 2.45. The molecule has 0 aliphatic carbocycles. The topological polar surface area (TPSA) is 402 Å². The number of Topliss-reactive ketones (excluding diaryl/α,β-unsaturated/α-hetero) is 2. The van der Waals surface area contributed by atoms with Crippen LogP contribution in [0.15, 0.2) is 48.5 Å². The van der Waals surface area contributed by atoms with Crippen molar-refractivity contribution in [2.45, 2.75) is 219 Å². The van der Waals surface area contributed by atoms with Crippen LogP contribution in [0, 0.1) is 54.3 Å². The van der Waals surface area contributed by atoms with Crippen molar-refractivity contribution >= 4 is 74.6 Å². The number of methoxy groups -OCH3 is 2. The van der Waals surface area contributed by atoms with Crippen molar-refractivity contribution in [3.8, 4) is 34.5 Å². The number of nitro groups is 4. The SMILES string of the molecule is CC[C@@H]1CC(=O)CN1C(=O)c1cc(OC)c(OCCCCCOc2cc([N+](=O)[O-])c(C(=O)N3CC(=O)C[C@H]3CO[Si](C)(C)C(C)(C)C)cc2C)cc1[N+](=O)[O-].CC[C@@H]1C[C@@H](O)CN1C(=O)c1cc(OC)c(OCCCCCOc2cc([N+](=O)[O-])c(C(=O)N3C[C@H](O)C[C@H]3CO[Si](C)(C)C(C)(C)C)cc2C)cc1[N+](=O)[O-]. The first kappa shape index (κ1) is 88.0. The fraction of sp³-hybridized carbons (Fsp3) is 0.605. The second-order valence-electron chi connectivity index (χ2n) is 31.5. The molecule has 0 radical (unpaired) electrons. The predicted molar refractivity (Wildman–Crippen MR) is 411 cm³/mol. The molecule has 604 valence electrons. The van der Waals surface area contributed by atoms with Crippen LogP contribution in [0.25, 0.3) is 0 Å². The third-order valence-electron chi connectivity index (χ3n) is 21.6. The van der Waals surface area contributed by atoms with E-state index >= 15 is 0 Å². The van der Waals surface area contributed by atoms with Crippen LogP contribution in [0.1, 0.15) is 185 Å². The number of amides is 4. The van der Waals surface area contributed by atoms with Crippen LogP contribution in [0.3, 0.4) is 0 Å². The monoisotopic (exact) mass is 1570 g/mol. The van der Waals surface area contributed by atoms with Crippen LogP contribution in [0.5, 0.6) is 34.5 Å². The first-order valence-electron chi connectivity index (χ1n) is 37.3. The maximum Gasteiger partial charge on any atom is 0.286 e. The maximum atomic E-state index is 13.8. The van der Waals surface area contributed by atoms with Gasteiger partial charge in [0.15, 0.2) is 51.2 Å². The van der Waals surface area contributed by atoms with Crippen molar-refractivity contribution in [1.82, 2.24) is 19.6 Å². The van der Waals surface area contributed by atoms with Crippen LogP contribution in [0.2, 0.25) is 36.3 Å². The molecule has 4 aliphatic rings. The van der Waals surface area contributed by atoms with Gasteiger partial charge >= 0.3 is 0 Å². The number of benzene rings is 4. The summed E-state index contributed by atoms with van der Waals surface area (Å²) < 4.78 is 46.9. The van der Waals surface area contributed by atoms with E-state index in [9.17, 15) is 79.4 Å². The van der Waals surface area contributed by atoms with Crippen LogP contribution in [-0.4, -0.2) is 218 Å². The van der Waals surface area contributed by atoms with Crippen LogP contribution < -0.4 is 28.4 Å². The van der Waals surface area contributed by atoms with Crippen LogP contribution in [-0.2, 0) is 18.4 Å². The zero-order valence-electron chi connectivity index (χ0n) is 66.1. The van der Waals surface area contributed by atoms with Gasteiger partial charge in [0.05, 0.1) is 135 Å². The highest BCUT2D eigenvalue weighted by molar-refractivity contribution is 6.74. The van der Waals surface area contributed by atoms with Gasteiger partial charge in [0, 0.05) is 50.1 Å². The molecule has 2 N–H and O–H groups in total. The minimum atomic E-state index is -2.17. The summed E-state index contributed by atoms with van der Waals surface area (Å²) in [6.07, 6.45) is 4.18. The van der Waals surface area contributed by atoms with E-state index in [1.54, 1.807) is 13.8 Å². The Morgan fingerprint density at radius 2 is 0.745 bits per heavy atom. The fourth-order valence-corrected chi connectivity index (χ4v) is 15.2. The van der Waals surface area contributed by atoms with Gasteiger partial charge in [-0.15, -0.1) is 0 Å². The minimum absolute atomic E-state index is 0.0480. The molecule has 4 aromatic rings. The Morgan fingerprint density at radius 1 is 0.445 bits per heavy atom. The zero-order valence-corrected chi connectivity index (χ0v) is 68.1. The number of ether oxygens (including phenoxy) is 6. The van der Waals surface area contributed by atoms with Crippen molar-refractivity contribution < 1.29 is 95.9 Å². The van der Waals surface area contributed by atoms with E-state index in [2.05, 4.69) is 67.7 Å². The van der Waals surface area contributed by atoms with E-state index < -0.39 is 101 Å². The van der Waals surface area contributed by atoms with Crippen molar-refractivity contribution in [2.24, 2.45) is 0 Å². The number of aliphatic hydroxyl groups excluding tert-OH is 2. The number of unbranched alkanes of at least 4 members (excludes halogenated alkanes) is 4. The summed E-state index contributed by atoms with van der Waals surface area (Å²) in [5.41, 5.74) is -1.13. The smallest absolute Gasteiger partial charge is 0.286 e. The molecule has 0 bridgehead atoms. The molecule has 110 heavy (non-hydrogen) atoms. The summed E-state index contributed by atoms with van der Waals surface area (Å²) in [4.78, 5) is 130. The molecule has 8 rings (SSSR count). The lowest BCUT2D eigenvalue weighted by Gasteiger charge is -2.38. The molecule has 4 saturated heterocycles. The van der Waals surface area contributed by atoms with E-state index in [-0.39, 0.29) is 175 Å². The second-order valence-corrected chi connectivity index (χ2v) is 41.1. The summed E-state index contributed by atoms with van der Waals surface area (Å²) >= 11 is 0. The summed E-state index contributed by atoms with van der Waals surface area (Å²) in [6, 6.07) is 8.82. The molecule has 4 heterocycles. The van der Waals surface area contributed by atoms with E-state index in [0.29, 0.717) is 75.3 Å². The molecule has 4 fully saturated rings. The number of nitrogens with zero attached hydrogens (tertiary/aromatic N) is 8. The van der Waals surface area contributed by atoms with Gasteiger partial charge in [-0.05, 0) is 138 Å². The van der Waals surface area contributed by atoms with Gasteiger partial charge < -0.3 is 67.1 Å². The summed E-state index contributed by atoms with van der Waals surface area (Å²) in [7, 11) is -1.58. The molecule has 0 unspecified atom stereocenters. The van der Waals surface area contributed by atoms with Gasteiger partial charge in [-0.3, -0.25) is 69.2 Å². The summed E-state index contributed by atoms with van der Waals surface area (Å²) in [6.45, 7) is 29.3. The normalized spacial score (nSPS) is 18.8. The fourth-order valence-electron chi connectivity index (χ4n) is 13.1. The third-order valence-corrected chi connectivity index (χ3v) is 30.6. The maximum absolute atomic E-state index is 13.8. The largest absolute Gasteiger partial charge is 0.493 e. The first-order chi connectivity index (χ1) is 51.6. The molecule has 6 atom stereocenters. The number of β-amino-alcohol motifs (C(OH)–C–C–N with tert-alkyl or cyclic N) is 2. The number of hydrogen-bond acceptors (Lipinski definition) is 24. The Morgan fingerprint density at radius 3 is 1.09 bits per heavy atom. The van der Waals surface area contributed by atoms with E-state index in [4.69, 9.17) is 37.3 Å². The molecule has 0 spiro atoms. The molecule has 32 nitrogen and oxygen atoms in total. The van der Waals surface area contributed by atoms with Gasteiger partial charge in [0.2, 0.25) is 0 Å². The van der Waals surface area contributed by atoms with E-state index in [1.165, 1.54) is 76.3 Å². The number of aliphatic hydroxyl groups is 2. The zero-order chi connectivity index (χ0) is 81.7. The van der Waals surface area contributed by atoms with Crippen molar-refractivity contribution in [3.05, 3.63) is 122 Å². The molecule has 4 aliphatic heterocycles. The molecular weight excluding hydrogens is 1470 g/mol. The van der Waals surface area contributed by atoms with Gasteiger partial charge in [0.1, 0.15) is 33.8 Å². The van der Waals surface area contributed by atoms with Crippen molar-refractivity contribution in [1.29, 1.82) is 0 Å². The van der Waals surface area contributed by atoms with Crippen LogP contribution in [0.4, 0.5) is 22.7 Å². The summed E-state index contributed by atoms with van der Waals surface area (Å²) in [5, 5.41) is 68.7. The number of rotatable bonds is 34. The number of carbonyl (C=O) groups excluding carboxylic acids is 6. The van der Waals surface area contributed by atoms with Gasteiger partial charge in [-0.25, -0.2) is 0 Å². The Bertz CT molecular complexity index is 4070. The molecular formula is C76H108N8O24Si2. The number of ketones is 2. The van der Waals surface area contributed by atoms with E-state index in [0.717, 1.165) is 6.07 Å². The summed E-state index contributed by atoms with van der Waals surface area (Å²) in [5.74, 6) is -1.49. The standard InChI is InChI=1S/C38H56N4O12Si.C38H52N4O12Si/c2*1-9-25-16-27(43)21-39(25)37(46)30-18-34(51-6)35(20-32(30)42(49)50)53-14-12-10-11-13-52-33-19-31(41(47)48)29(15-24(33)2)36(45)40-22-28(44)17-26(40)23-54-55(7,8)38(3,4)5/h15,18-20,25-28,43-44H,9-14,16-17,21-23H2,1-8H3;15,18-20,25-26H,9-14,16-17,21-23H2,1-8H3/t25-,26+,27-,28-;25-,26+/m11/s1. The van der Waals surface area contributed by atoms with Crippen molar-refractivity contribution in [2.75, 3.05) is 80.0 Å². The van der Waals surface area contributed by atoms with Gasteiger partial charge in [0.25, 0.3) is 46.4 Å². The highest BCUT2D eigenvalue weighted by atomic mass is 28.4. The minimum Gasteiger partial charge on any atom is -0.493 e. The molecule has 34 heteroatoms. The lowest BCUT2D eigenvalue weighted by molar-refractivity contribution is -0.385. The molecule has 0 aromatic heterocycles. The second kappa shape index (κ2) is 37.7. The first-order valence-corrected chi connectivity index (χ1v) is 43.1. The Labute approximate surface area is 643 Å². The predicted octanol–water partition coefficient (Wildman–Crippen LogP) is 12.5. The van der Waals surface area contributed by atoms with Gasteiger partial charge in [-0.1, -0.05) is 55.4 Å². The van der Waals surface area contributed by atoms with E-state index in [1.807, 2.05) is 13.8 Å². The Hall–Kier alpha value is -9.23. The number of carbonyl (C=O) groups is 6. The number of hydrogen-bond donors (Lipinski definition) is 2. The average Bonchev–Trinajstić information content (AvgIpc) is 1.61. The molecule has 4 amide bonds. The Kier molecular flexibility index (Phi) is 30.1. The quantitative estimate of drug-likeness (QED) is 0.0190. The average molecular weight is 1570 g/mol. The highest BCUT2D eigenvalue weighted by Crippen LogP contribution is 2.43. The number of aryl methyl sites for hydroxylation is 2. The lowest BCUT2D eigenvalue weighted by Crippen LogP contribution is -2.46. The number of likely N-dealkylation sites (tertiary alicyclic amines) is 4. The van der Waals surface area contributed by atoms with Crippen LogP contribution >= 0.6 is 0 Å². The molecule has 0 saturated carbocycles. The van der Waals surface area contributed by atoms with Gasteiger partial charge in [-0.2, -0.15) is 0 Å². The molecule has 4 aromatic carbocycles. The van der Waals surface area contributed by atoms with Crippen molar-refractivity contribution in [3.63, 3.8) is 0 Å². The number of nitro benzene ring substituents is 4.